The lowest BCUT2D eigenvalue weighted by atomic mass is 9.88. The van der Waals surface area contributed by atoms with E-state index in [0.717, 1.165) is 6.42 Å². The van der Waals surface area contributed by atoms with E-state index in [1.807, 2.05) is 12.4 Å². The molecular formula is C12H18BrN. The predicted octanol–water partition coefficient (Wildman–Crippen LogP) is 3.74. The molecule has 0 saturated carbocycles. The van der Waals surface area contributed by atoms with Gasteiger partial charge in [-0.2, -0.15) is 0 Å². The first-order valence-electron chi connectivity index (χ1n) is 4.95. The van der Waals surface area contributed by atoms with Crippen molar-refractivity contribution in [2.45, 2.75) is 38.9 Å². The SMILES string of the molecule is Cc1cnccc1CC(Br)C(C)(C)C. The standard InChI is InChI=1S/C12H18BrN/c1-9-8-14-6-5-10(9)7-11(13)12(2,3)4/h5-6,8,11H,7H2,1-4H3. The fourth-order valence-electron chi connectivity index (χ4n) is 1.23. The van der Waals surface area contributed by atoms with Crippen molar-refractivity contribution in [2.75, 3.05) is 0 Å². The third-order valence-electron chi connectivity index (χ3n) is 2.48. The Kier molecular flexibility index (Phi) is 3.71. The lowest BCUT2D eigenvalue weighted by Crippen LogP contribution is -2.22. The molecule has 0 saturated heterocycles. The zero-order valence-electron chi connectivity index (χ0n) is 9.34. The fourth-order valence-corrected chi connectivity index (χ4v) is 1.58. The first-order chi connectivity index (χ1) is 6.41. The summed E-state index contributed by atoms with van der Waals surface area (Å²) < 4.78 is 0. The normalized spacial score (nSPS) is 14.1. The van der Waals surface area contributed by atoms with Crippen molar-refractivity contribution in [2.24, 2.45) is 5.41 Å². The highest BCUT2D eigenvalue weighted by Crippen LogP contribution is 2.29. The summed E-state index contributed by atoms with van der Waals surface area (Å²) in [5.74, 6) is 0. The number of halogens is 1. The Morgan fingerprint density at radius 3 is 2.57 bits per heavy atom. The Morgan fingerprint density at radius 2 is 2.07 bits per heavy atom. The van der Waals surface area contributed by atoms with Crippen LogP contribution in [0, 0.1) is 12.3 Å². The minimum Gasteiger partial charge on any atom is -0.264 e. The minimum absolute atomic E-state index is 0.301. The van der Waals surface area contributed by atoms with Gasteiger partial charge in [0.1, 0.15) is 0 Å². The largest absolute Gasteiger partial charge is 0.264 e. The zero-order valence-corrected chi connectivity index (χ0v) is 10.9. The van der Waals surface area contributed by atoms with Gasteiger partial charge in [0.25, 0.3) is 0 Å². The van der Waals surface area contributed by atoms with Crippen LogP contribution in [0.3, 0.4) is 0 Å². The third-order valence-corrected chi connectivity index (χ3v) is 4.17. The molecule has 0 aliphatic heterocycles. The number of aromatic nitrogens is 1. The maximum atomic E-state index is 4.10. The van der Waals surface area contributed by atoms with Crippen LogP contribution >= 0.6 is 15.9 Å². The molecule has 0 amide bonds. The van der Waals surface area contributed by atoms with E-state index < -0.39 is 0 Å². The van der Waals surface area contributed by atoms with Crippen molar-refractivity contribution in [3.05, 3.63) is 29.6 Å². The minimum atomic E-state index is 0.301. The Balaban J connectivity index is 2.75. The van der Waals surface area contributed by atoms with Gasteiger partial charge in [0.05, 0.1) is 0 Å². The molecule has 1 unspecified atom stereocenters. The van der Waals surface area contributed by atoms with Crippen molar-refractivity contribution < 1.29 is 0 Å². The number of alkyl halides is 1. The van der Waals surface area contributed by atoms with Crippen molar-refractivity contribution in [3.8, 4) is 0 Å². The maximum absolute atomic E-state index is 4.10. The van der Waals surface area contributed by atoms with Crippen LogP contribution in [0.4, 0.5) is 0 Å². The van der Waals surface area contributed by atoms with Crippen molar-refractivity contribution in [3.63, 3.8) is 0 Å². The van der Waals surface area contributed by atoms with E-state index in [9.17, 15) is 0 Å². The molecular weight excluding hydrogens is 238 g/mol. The van der Waals surface area contributed by atoms with Gasteiger partial charge in [-0.05, 0) is 36.0 Å². The average molecular weight is 256 g/mol. The highest BCUT2D eigenvalue weighted by molar-refractivity contribution is 9.09. The van der Waals surface area contributed by atoms with Gasteiger partial charge in [-0.15, -0.1) is 0 Å². The van der Waals surface area contributed by atoms with E-state index >= 15 is 0 Å². The Morgan fingerprint density at radius 1 is 1.43 bits per heavy atom. The van der Waals surface area contributed by atoms with Crippen LogP contribution in [0.15, 0.2) is 18.5 Å². The van der Waals surface area contributed by atoms with Gasteiger partial charge >= 0.3 is 0 Å². The van der Waals surface area contributed by atoms with Gasteiger partial charge in [0, 0.05) is 17.2 Å². The van der Waals surface area contributed by atoms with Crippen LogP contribution in [0.2, 0.25) is 0 Å². The summed E-state index contributed by atoms with van der Waals surface area (Å²) in [5, 5.41) is 0. The molecule has 1 aromatic heterocycles. The molecule has 1 aromatic rings. The van der Waals surface area contributed by atoms with Crippen molar-refractivity contribution in [1.29, 1.82) is 0 Å². The lowest BCUT2D eigenvalue weighted by molar-refractivity contribution is 0.397. The smallest absolute Gasteiger partial charge is 0.0299 e. The first-order valence-corrected chi connectivity index (χ1v) is 5.86. The molecule has 1 rings (SSSR count). The van der Waals surface area contributed by atoms with Crippen LogP contribution in [-0.2, 0) is 6.42 Å². The summed E-state index contributed by atoms with van der Waals surface area (Å²) in [6.45, 7) is 8.87. The molecule has 0 bridgehead atoms. The van der Waals surface area contributed by atoms with Gasteiger partial charge < -0.3 is 0 Å². The second-order valence-corrected chi connectivity index (χ2v) is 5.95. The summed E-state index contributed by atoms with van der Waals surface area (Å²) in [7, 11) is 0. The molecule has 1 heterocycles. The van der Waals surface area contributed by atoms with Crippen LogP contribution in [0.25, 0.3) is 0 Å². The number of hydrogen-bond donors (Lipinski definition) is 0. The highest BCUT2D eigenvalue weighted by atomic mass is 79.9. The second kappa shape index (κ2) is 4.43. The number of nitrogens with zero attached hydrogens (tertiary/aromatic N) is 1. The van der Waals surface area contributed by atoms with Crippen LogP contribution in [0.1, 0.15) is 31.9 Å². The summed E-state index contributed by atoms with van der Waals surface area (Å²) in [6, 6.07) is 2.11. The lowest BCUT2D eigenvalue weighted by Gasteiger charge is -2.26. The quantitative estimate of drug-likeness (QED) is 0.734. The van der Waals surface area contributed by atoms with E-state index in [1.165, 1.54) is 11.1 Å². The Hall–Kier alpha value is -0.370. The summed E-state index contributed by atoms with van der Waals surface area (Å²) in [6.07, 6.45) is 4.86. The van der Waals surface area contributed by atoms with E-state index in [2.05, 4.69) is 54.7 Å². The average Bonchev–Trinajstić information content (AvgIpc) is 2.07. The van der Waals surface area contributed by atoms with E-state index in [4.69, 9.17) is 0 Å². The molecule has 0 radical (unpaired) electrons. The van der Waals surface area contributed by atoms with Gasteiger partial charge in [-0.3, -0.25) is 4.98 Å². The first kappa shape index (κ1) is 11.7. The summed E-state index contributed by atoms with van der Waals surface area (Å²) in [5.41, 5.74) is 2.97. The molecule has 1 atom stereocenters. The number of pyridine rings is 1. The Labute approximate surface area is 95.1 Å². The number of aryl methyl sites for hydroxylation is 1. The van der Waals surface area contributed by atoms with E-state index in [0.29, 0.717) is 10.2 Å². The topological polar surface area (TPSA) is 12.9 Å². The molecule has 0 aliphatic rings. The molecule has 2 heteroatoms. The van der Waals surface area contributed by atoms with Crippen molar-refractivity contribution in [1.82, 2.24) is 4.98 Å². The van der Waals surface area contributed by atoms with E-state index in [-0.39, 0.29) is 0 Å². The molecule has 0 fully saturated rings. The zero-order chi connectivity index (χ0) is 10.8. The molecule has 0 aliphatic carbocycles. The summed E-state index contributed by atoms with van der Waals surface area (Å²) in [4.78, 5) is 4.61. The molecule has 0 N–H and O–H groups in total. The van der Waals surface area contributed by atoms with Crippen LogP contribution in [0.5, 0.6) is 0 Å². The molecule has 14 heavy (non-hydrogen) atoms. The molecule has 0 aromatic carbocycles. The highest BCUT2D eigenvalue weighted by Gasteiger charge is 2.22. The number of rotatable bonds is 2. The van der Waals surface area contributed by atoms with Gasteiger partial charge in [-0.1, -0.05) is 36.7 Å². The molecule has 1 nitrogen and oxygen atoms in total. The van der Waals surface area contributed by atoms with Gasteiger partial charge in [-0.25, -0.2) is 0 Å². The molecule has 78 valence electrons. The predicted molar refractivity (Wildman–Crippen MR) is 64.8 cm³/mol. The van der Waals surface area contributed by atoms with Crippen LogP contribution < -0.4 is 0 Å². The van der Waals surface area contributed by atoms with Crippen molar-refractivity contribution >= 4 is 15.9 Å². The second-order valence-electron chi connectivity index (χ2n) is 4.84. The third kappa shape index (κ3) is 3.09. The van der Waals surface area contributed by atoms with Gasteiger partial charge in [0.2, 0.25) is 0 Å². The van der Waals surface area contributed by atoms with E-state index in [1.54, 1.807) is 0 Å². The summed E-state index contributed by atoms with van der Waals surface area (Å²) >= 11 is 3.75. The Bertz CT molecular complexity index is 301. The fraction of sp³-hybridized carbons (Fsp3) is 0.583. The van der Waals surface area contributed by atoms with Crippen LogP contribution in [-0.4, -0.2) is 9.81 Å². The maximum Gasteiger partial charge on any atom is 0.0299 e. The number of hydrogen-bond acceptors (Lipinski definition) is 1. The van der Waals surface area contributed by atoms with Gasteiger partial charge in [0.15, 0.2) is 0 Å². The monoisotopic (exact) mass is 255 g/mol. The molecule has 0 spiro atoms.